The van der Waals surface area contributed by atoms with E-state index in [0.29, 0.717) is 13.1 Å². The van der Waals surface area contributed by atoms with Gasteiger partial charge in [0.25, 0.3) is 5.91 Å². The highest BCUT2D eigenvalue weighted by Gasteiger charge is 2.29. The second-order valence-corrected chi connectivity index (χ2v) is 6.51. The number of nitriles is 1. The van der Waals surface area contributed by atoms with Gasteiger partial charge in [-0.25, -0.2) is 0 Å². The molecule has 1 fully saturated rings. The molecule has 1 heterocycles. The van der Waals surface area contributed by atoms with Gasteiger partial charge in [0.2, 0.25) is 0 Å². The number of piperazine rings is 1. The number of nitrogens with one attached hydrogen (secondary N) is 1. The minimum absolute atomic E-state index is 0.147. The Labute approximate surface area is 160 Å². The number of carbonyl (C=O) groups is 1. The standard InChI is InChI=1S/C22H24N4O/c1-24-17-20(16-23)22(27)26-14-12-25(13-15-26)21(18-8-4-2-5-9-18)19-10-6-3-7-11-19/h2-11,17,21,24H,12-15H2,1H3/b20-17-. The van der Waals surface area contributed by atoms with Crippen molar-refractivity contribution in [2.24, 2.45) is 0 Å². The van der Waals surface area contributed by atoms with E-state index in [-0.39, 0.29) is 17.5 Å². The predicted octanol–water partition coefficient (Wildman–Crippen LogP) is 2.55. The summed E-state index contributed by atoms with van der Waals surface area (Å²) in [6, 6.07) is 23.0. The lowest BCUT2D eigenvalue weighted by Gasteiger charge is -2.39. The highest BCUT2D eigenvalue weighted by atomic mass is 16.2. The molecular weight excluding hydrogens is 336 g/mol. The Hall–Kier alpha value is -3.10. The van der Waals surface area contributed by atoms with Gasteiger partial charge in [-0.05, 0) is 11.1 Å². The molecule has 1 aliphatic rings. The van der Waals surface area contributed by atoms with Gasteiger partial charge in [-0.3, -0.25) is 9.69 Å². The third-order valence-electron chi connectivity index (χ3n) is 4.84. The summed E-state index contributed by atoms with van der Waals surface area (Å²) in [5.41, 5.74) is 2.64. The van der Waals surface area contributed by atoms with Crippen molar-refractivity contribution >= 4 is 5.91 Å². The lowest BCUT2D eigenvalue weighted by atomic mass is 9.96. The van der Waals surface area contributed by atoms with Gasteiger partial charge in [-0.2, -0.15) is 5.26 Å². The number of benzene rings is 2. The zero-order valence-corrected chi connectivity index (χ0v) is 15.5. The Morgan fingerprint density at radius 2 is 1.52 bits per heavy atom. The van der Waals surface area contributed by atoms with Gasteiger partial charge in [0.05, 0.1) is 6.04 Å². The van der Waals surface area contributed by atoms with Crippen LogP contribution in [0.1, 0.15) is 17.2 Å². The zero-order chi connectivity index (χ0) is 19.1. The second kappa shape index (κ2) is 9.02. The smallest absolute Gasteiger partial charge is 0.266 e. The van der Waals surface area contributed by atoms with Crippen molar-refractivity contribution in [3.8, 4) is 6.07 Å². The molecule has 27 heavy (non-hydrogen) atoms. The van der Waals surface area contributed by atoms with Gasteiger partial charge in [-0.15, -0.1) is 0 Å². The average molecular weight is 360 g/mol. The molecule has 0 atom stereocenters. The minimum Gasteiger partial charge on any atom is -0.393 e. The second-order valence-electron chi connectivity index (χ2n) is 6.51. The van der Waals surface area contributed by atoms with Crippen LogP contribution in [0.2, 0.25) is 0 Å². The first kappa shape index (κ1) is 18.7. The van der Waals surface area contributed by atoms with Crippen molar-refractivity contribution < 1.29 is 4.79 Å². The fourth-order valence-corrected chi connectivity index (χ4v) is 3.52. The number of hydrogen-bond donors (Lipinski definition) is 1. The highest BCUT2D eigenvalue weighted by Crippen LogP contribution is 2.29. The lowest BCUT2D eigenvalue weighted by molar-refractivity contribution is -0.128. The van der Waals surface area contributed by atoms with Crippen LogP contribution >= 0.6 is 0 Å². The molecule has 0 saturated carbocycles. The minimum atomic E-state index is -0.206. The summed E-state index contributed by atoms with van der Waals surface area (Å²) in [5.74, 6) is -0.206. The quantitative estimate of drug-likeness (QED) is 0.658. The van der Waals surface area contributed by atoms with Crippen LogP contribution in [0.4, 0.5) is 0 Å². The monoisotopic (exact) mass is 360 g/mol. The summed E-state index contributed by atoms with van der Waals surface area (Å²) in [4.78, 5) is 16.7. The number of carbonyl (C=O) groups excluding carboxylic acids is 1. The maximum absolute atomic E-state index is 12.5. The molecule has 0 radical (unpaired) electrons. The van der Waals surface area contributed by atoms with Gasteiger partial charge >= 0.3 is 0 Å². The van der Waals surface area contributed by atoms with E-state index in [4.69, 9.17) is 0 Å². The van der Waals surface area contributed by atoms with Crippen molar-refractivity contribution in [1.29, 1.82) is 5.26 Å². The maximum Gasteiger partial charge on any atom is 0.266 e. The van der Waals surface area contributed by atoms with Gasteiger partial charge in [-0.1, -0.05) is 60.7 Å². The van der Waals surface area contributed by atoms with E-state index < -0.39 is 0 Å². The maximum atomic E-state index is 12.5. The molecule has 2 aromatic carbocycles. The molecule has 0 bridgehead atoms. The molecule has 1 amide bonds. The molecule has 138 valence electrons. The average Bonchev–Trinajstić information content (AvgIpc) is 2.74. The van der Waals surface area contributed by atoms with Crippen LogP contribution in [0, 0.1) is 11.3 Å². The molecule has 0 spiro atoms. The van der Waals surface area contributed by atoms with Crippen molar-refractivity contribution in [3.05, 3.63) is 83.6 Å². The van der Waals surface area contributed by atoms with Crippen LogP contribution in [0.3, 0.4) is 0 Å². The molecule has 5 nitrogen and oxygen atoms in total. The van der Waals surface area contributed by atoms with E-state index in [2.05, 4.69) is 58.7 Å². The summed E-state index contributed by atoms with van der Waals surface area (Å²) in [5, 5.41) is 11.9. The van der Waals surface area contributed by atoms with Crippen LogP contribution < -0.4 is 5.32 Å². The van der Waals surface area contributed by atoms with Crippen LogP contribution in [-0.4, -0.2) is 48.9 Å². The summed E-state index contributed by atoms with van der Waals surface area (Å²) < 4.78 is 0. The van der Waals surface area contributed by atoms with Gasteiger partial charge in [0, 0.05) is 39.4 Å². The molecular formula is C22H24N4O. The van der Waals surface area contributed by atoms with Crippen LogP contribution in [0.15, 0.2) is 72.4 Å². The molecule has 3 rings (SSSR count). The first-order valence-corrected chi connectivity index (χ1v) is 9.15. The Bertz CT molecular complexity index is 779. The molecule has 1 saturated heterocycles. The summed E-state index contributed by atoms with van der Waals surface area (Å²) in [6.45, 7) is 2.74. The van der Waals surface area contributed by atoms with E-state index in [1.54, 1.807) is 11.9 Å². The fourth-order valence-electron chi connectivity index (χ4n) is 3.52. The van der Waals surface area contributed by atoms with Gasteiger partial charge < -0.3 is 10.2 Å². The normalized spacial score (nSPS) is 15.4. The number of rotatable bonds is 5. The van der Waals surface area contributed by atoms with E-state index in [1.807, 2.05) is 18.2 Å². The molecule has 0 aromatic heterocycles. The van der Waals surface area contributed by atoms with Crippen molar-refractivity contribution in [2.45, 2.75) is 6.04 Å². The Kier molecular flexibility index (Phi) is 6.24. The molecule has 5 heteroatoms. The fraction of sp³-hybridized carbons (Fsp3) is 0.273. The third kappa shape index (κ3) is 4.36. The first-order chi connectivity index (χ1) is 13.2. The first-order valence-electron chi connectivity index (χ1n) is 9.15. The van der Waals surface area contributed by atoms with Crippen molar-refractivity contribution in [3.63, 3.8) is 0 Å². The summed E-state index contributed by atoms with van der Waals surface area (Å²) in [7, 11) is 1.69. The third-order valence-corrected chi connectivity index (χ3v) is 4.84. The Morgan fingerprint density at radius 3 is 1.96 bits per heavy atom. The lowest BCUT2D eigenvalue weighted by Crippen LogP contribution is -2.50. The number of amides is 1. The van der Waals surface area contributed by atoms with Gasteiger partial charge in [0.1, 0.15) is 11.6 Å². The highest BCUT2D eigenvalue weighted by molar-refractivity contribution is 5.97. The van der Waals surface area contributed by atoms with Gasteiger partial charge in [0.15, 0.2) is 0 Å². The Morgan fingerprint density at radius 1 is 1.00 bits per heavy atom. The molecule has 2 aromatic rings. The SMILES string of the molecule is CN/C=C(/C#N)C(=O)N1CCN(C(c2ccccc2)c2ccccc2)CC1. The van der Waals surface area contributed by atoms with Crippen molar-refractivity contribution in [2.75, 3.05) is 33.2 Å². The Balaban J connectivity index is 1.77. The van der Waals surface area contributed by atoms with Crippen LogP contribution in [-0.2, 0) is 4.79 Å². The largest absolute Gasteiger partial charge is 0.393 e. The van der Waals surface area contributed by atoms with E-state index in [0.717, 1.165) is 13.1 Å². The van der Waals surface area contributed by atoms with E-state index in [9.17, 15) is 10.1 Å². The number of hydrogen-bond acceptors (Lipinski definition) is 4. The molecule has 0 aliphatic carbocycles. The molecule has 1 aliphatic heterocycles. The summed E-state index contributed by atoms with van der Waals surface area (Å²) >= 11 is 0. The zero-order valence-electron chi connectivity index (χ0n) is 15.5. The number of nitrogens with zero attached hydrogens (tertiary/aromatic N) is 3. The predicted molar refractivity (Wildman–Crippen MR) is 106 cm³/mol. The molecule has 1 N–H and O–H groups in total. The van der Waals surface area contributed by atoms with Crippen LogP contribution in [0.25, 0.3) is 0 Å². The summed E-state index contributed by atoms with van der Waals surface area (Å²) in [6.07, 6.45) is 1.46. The van der Waals surface area contributed by atoms with Crippen molar-refractivity contribution in [1.82, 2.24) is 15.1 Å². The van der Waals surface area contributed by atoms with Crippen LogP contribution in [0.5, 0.6) is 0 Å². The van der Waals surface area contributed by atoms with E-state index in [1.165, 1.54) is 17.3 Å². The van der Waals surface area contributed by atoms with E-state index >= 15 is 0 Å². The molecule has 0 unspecified atom stereocenters. The topological polar surface area (TPSA) is 59.4 Å².